The Morgan fingerprint density at radius 2 is 2.26 bits per heavy atom. The van der Waals surface area contributed by atoms with Crippen molar-refractivity contribution in [1.82, 2.24) is 10.1 Å². The second kappa shape index (κ2) is 6.50. The quantitative estimate of drug-likeness (QED) is 0.898. The lowest BCUT2D eigenvalue weighted by atomic mass is 10.0. The lowest BCUT2D eigenvalue weighted by molar-refractivity contribution is 0.350. The Labute approximate surface area is 125 Å². The van der Waals surface area contributed by atoms with Crippen molar-refractivity contribution in [3.8, 4) is 11.4 Å². The Morgan fingerprint density at radius 3 is 2.89 bits per heavy atom. The molecule has 0 radical (unpaired) electrons. The van der Waals surface area contributed by atoms with Gasteiger partial charge in [0.15, 0.2) is 0 Å². The minimum absolute atomic E-state index is 0.380. The van der Waals surface area contributed by atoms with Crippen LogP contribution in [0.3, 0.4) is 0 Å². The monoisotopic (exact) mass is 343 g/mol. The number of hydrogen-bond acceptors (Lipinski definition) is 4. The minimum Gasteiger partial charge on any atom is -0.339 e. The zero-order valence-electron chi connectivity index (χ0n) is 10.6. The molecule has 0 aliphatic heterocycles. The first-order valence-electron chi connectivity index (χ1n) is 6.12. The van der Waals surface area contributed by atoms with Crippen LogP contribution in [0.4, 0.5) is 0 Å². The normalized spacial score (nSPS) is 12.6. The van der Waals surface area contributed by atoms with Crippen molar-refractivity contribution in [1.29, 1.82) is 0 Å². The first-order chi connectivity index (χ1) is 9.13. The van der Waals surface area contributed by atoms with Gasteiger partial charge in [-0.3, -0.25) is 0 Å². The summed E-state index contributed by atoms with van der Waals surface area (Å²) in [6, 6.07) is 5.53. The van der Waals surface area contributed by atoms with Crippen molar-refractivity contribution in [2.45, 2.75) is 19.8 Å². The van der Waals surface area contributed by atoms with Gasteiger partial charge in [0.05, 0.1) is 5.02 Å². The van der Waals surface area contributed by atoms with E-state index in [1.54, 1.807) is 6.07 Å². The van der Waals surface area contributed by atoms with E-state index in [0.29, 0.717) is 29.2 Å². The van der Waals surface area contributed by atoms with Crippen molar-refractivity contribution in [3.63, 3.8) is 0 Å². The summed E-state index contributed by atoms with van der Waals surface area (Å²) in [7, 11) is 0. The van der Waals surface area contributed by atoms with E-state index in [4.69, 9.17) is 21.9 Å². The molecule has 2 N–H and O–H groups in total. The Kier molecular flexibility index (Phi) is 4.96. The average Bonchev–Trinajstić information content (AvgIpc) is 2.87. The molecule has 1 unspecified atom stereocenters. The highest BCUT2D eigenvalue weighted by atomic mass is 79.9. The molecule has 0 aliphatic carbocycles. The molecule has 0 aliphatic rings. The van der Waals surface area contributed by atoms with E-state index < -0.39 is 0 Å². The van der Waals surface area contributed by atoms with Crippen LogP contribution >= 0.6 is 27.5 Å². The lowest BCUT2D eigenvalue weighted by Crippen LogP contribution is -2.15. The molecule has 2 aromatic rings. The Morgan fingerprint density at radius 1 is 1.47 bits per heavy atom. The number of halogens is 2. The molecule has 4 nitrogen and oxygen atoms in total. The van der Waals surface area contributed by atoms with E-state index in [2.05, 4.69) is 33.0 Å². The van der Waals surface area contributed by atoms with Crippen molar-refractivity contribution >= 4 is 27.5 Å². The summed E-state index contributed by atoms with van der Waals surface area (Å²) in [5.41, 5.74) is 6.54. The van der Waals surface area contributed by atoms with Gasteiger partial charge >= 0.3 is 0 Å². The van der Waals surface area contributed by atoms with Crippen LogP contribution in [-0.2, 0) is 6.42 Å². The molecule has 6 heteroatoms. The van der Waals surface area contributed by atoms with Crippen LogP contribution in [0.2, 0.25) is 5.02 Å². The fourth-order valence-corrected chi connectivity index (χ4v) is 2.23. The first kappa shape index (κ1) is 14.5. The molecule has 1 heterocycles. The van der Waals surface area contributed by atoms with Crippen LogP contribution in [-0.4, -0.2) is 16.7 Å². The molecule has 19 heavy (non-hydrogen) atoms. The molecule has 0 spiro atoms. The first-order valence-corrected chi connectivity index (χ1v) is 7.29. The summed E-state index contributed by atoms with van der Waals surface area (Å²) in [5, 5.41) is 4.64. The molecule has 1 atom stereocenters. The van der Waals surface area contributed by atoms with Gasteiger partial charge in [-0.05, 0) is 46.6 Å². The average molecular weight is 345 g/mol. The Balaban J connectivity index is 2.18. The topological polar surface area (TPSA) is 64.9 Å². The predicted molar refractivity (Wildman–Crippen MR) is 79.0 cm³/mol. The van der Waals surface area contributed by atoms with Crippen molar-refractivity contribution in [3.05, 3.63) is 33.6 Å². The maximum atomic E-state index is 5.95. The minimum atomic E-state index is 0.380. The standard InChI is InChI=1S/C13H15BrClN3O/c1-2-8(7-16)5-12-17-13(18-19-12)9-3-4-11(15)10(14)6-9/h3-4,6,8H,2,5,7,16H2,1H3. The predicted octanol–water partition coefficient (Wildman–Crippen LogP) is 3.68. The van der Waals surface area contributed by atoms with Gasteiger partial charge in [0.2, 0.25) is 11.7 Å². The molecular formula is C13H15BrClN3O. The van der Waals surface area contributed by atoms with E-state index in [9.17, 15) is 0 Å². The van der Waals surface area contributed by atoms with Crippen LogP contribution in [0.5, 0.6) is 0 Å². The third kappa shape index (κ3) is 3.55. The molecule has 1 aromatic carbocycles. The molecule has 102 valence electrons. The maximum absolute atomic E-state index is 5.95. The zero-order chi connectivity index (χ0) is 13.8. The number of hydrogen-bond donors (Lipinski definition) is 1. The third-order valence-corrected chi connectivity index (χ3v) is 4.23. The third-order valence-electron chi connectivity index (χ3n) is 3.02. The van der Waals surface area contributed by atoms with E-state index in [1.807, 2.05) is 12.1 Å². The molecule has 1 aromatic heterocycles. The molecule has 0 bridgehead atoms. The number of benzene rings is 1. The number of rotatable bonds is 5. The van der Waals surface area contributed by atoms with Gasteiger partial charge in [-0.1, -0.05) is 30.1 Å². The number of nitrogens with zero attached hydrogens (tertiary/aromatic N) is 2. The molecule has 0 saturated heterocycles. The van der Waals surface area contributed by atoms with Crippen molar-refractivity contribution in [2.24, 2.45) is 11.7 Å². The van der Waals surface area contributed by atoms with Crippen LogP contribution in [0.25, 0.3) is 11.4 Å². The molecule has 2 rings (SSSR count). The van der Waals surface area contributed by atoms with Crippen LogP contribution in [0.15, 0.2) is 27.2 Å². The van der Waals surface area contributed by atoms with Gasteiger partial charge < -0.3 is 10.3 Å². The van der Waals surface area contributed by atoms with E-state index in [-0.39, 0.29) is 0 Å². The SMILES string of the molecule is CCC(CN)Cc1nc(-c2ccc(Cl)c(Br)c2)no1. The van der Waals surface area contributed by atoms with Gasteiger partial charge in [-0.15, -0.1) is 0 Å². The summed E-state index contributed by atoms with van der Waals surface area (Å²) in [5.74, 6) is 1.57. The molecule has 0 fully saturated rings. The van der Waals surface area contributed by atoms with Crippen molar-refractivity contribution in [2.75, 3.05) is 6.54 Å². The summed E-state index contributed by atoms with van der Waals surface area (Å²) >= 11 is 9.33. The number of nitrogens with two attached hydrogens (primary N) is 1. The highest BCUT2D eigenvalue weighted by Crippen LogP contribution is 2.27. The summed E-state index contributed by atoms with van der Waals surface area (Å²) in [4.78, 5) is 4.39. The summed E-state index contributed by atoms with van der Waals surface area (Å²) in [6.07, 6.45) is 1.72. The van der Waals surface area contributed by atoms with Gasteiger partial charge in [0, 0.05) is 16.5 Å². The fraction of sp³-hybridized carbons (Fsp3) is 0.385. The molecular weight excluding hydrogens is 330 g/mol. The number of aromatic nitrogens is 2. The van der Waals surface area contributed by atoms with E-state index in [0.717, 1.165) is 22.9 Å². The fourth-order valence-electron chi connectivity index (χ4n) is 1.73. The highest BCUT2D eigenvalue weighted by molar-refractivity contribution is 9.10. The molecule has 0 saturated carbocycles. The lowest BCUT2D eigenvalue weighted by Gasteiger charge is -2.07. The van der Waals surface area contributed by atoms with Crippen LogP contribution in [0, 0.1) is 5.92 Å². The van der Waals surface area contributed by atoms with Gasteiger partial charge in [-0.2, -0.15) is 4.98 Å². The zero-order valence-corrected chi connectivity index (χ0v) is 12.9. The largest absolute Gasteiger partial charge is 0.339 e. The van der Waals surface area contributed by atoms with Gasteiger partial charge in [0.25, 0.3) is 0 Å². The summed E-state index contributed by atoms with van der Waals surface area (Å²) < 4.78 is 6.07. The van der Waals surface area contributed by atoms with Gasteiger partial charge in [-0.25, -0.2) is 0 Å². The second-order valence-corrected chi connectivity index (χ2v) is 5.62. The van der Waals surface area contributed by atoms with Crippen LogP contribution < -0.4 is 5.73 Å². The van der Waals surface area contributed by atoms with E-state index >= 15 is 0 Å². The van der Waals surface area contributed by atoms with Gasteiger partial charge in [0.1, 0.15) is 0 Å². The van der Waals surface area contributed by atoms with Crippen molar-refractivity contribution < 1.29 is 4.52 Å². The smallest absolute Gasteiger partial charge is 0.227 e. The van der Waals surface area contributed by atoms with E-state index in [1.165, 1.54) is 0 Å². The second-order valence-electron chi connectivity index (χ2n) is 4.35. The molecule has 0 amide bonds. The van der Waals surface area contributed by atoms with Crippen LogP contribution in [0.1, 0.15) is 19.2 Å². The maximum Gasteiger partial charge on any atom is 0.227 e. The highest BCUT2D eigenvalue weighted by Gasteiger charge is 2.13. The summed E-state index contributed by atoms with van der Waals surface area (Å²) in [6.45, 7) is 2.73. The Bertz CT molecular complexity index is 555. The Hall–Kier alpha value is -0.910.